The van der Waals surface area contributed by atoms with Crippen LogP contribution in [0.5, 0.6) is 0 Å². The maximum Gasteiger partial charge on any atom is 0.211 e. The molecule has 0 bridgehead atoms. The second-order valence-electron chi connectivity index (χ2n) is 6.68. The number of nitrogens with one attached hydrogen (secondary N) is 2. The number of benzene rings is 2. The minimum absolute atomic E-state index is 0.0692. The SMILES string of the molecule is C=C/C=C(\C)c1nc(-c2ccccc2)[nH]c1-c1ccc(CNS(=O)(=O)CC)cc1. The summed E-state index contributed by atoms with van der Waals surface area (Å²) in [6.45, 7) is 7.68. The van der Waals surface area contributed by atoms with Crippen LogP contribution in [-0.2, 0) is 16.6 Å². The van der Waals surface area contributed by atoms with E-state index in [1.807, 2.05) is 67.6 Å². The van der Waals surface area contributed by atoms with Gasteiger partial charge in [0.25, 0.3) is 0 Å². The van der Waals surface area contributed by atoms with Gasteiger partial charge in [0.1, 0.15) is 5.82 Å². The van der Waals surface area contributed by atoms with Crippen molar-refractivity contribution in [3.63, 3.8) is 0 Å². The third-order valence-corrected chi connectivity index (χ3v) is 5.96. The summed E-state index contributed by atoms with van der Waals surface area (Å²) in [5.74, 6) is 0.868. The standard InChI is InChI=1S/C23H25N3O2S/c1-4-9-17(3)21-22(26-23(25-21)20-10-7-6-8-11-20)19-14-12-18(13-15-19)16-24-29(27,28)5-2/h4,6-15,24H,1,5,16H2,2-3H3,(H,25,26)/b17-9+. The van der Waals surface area contributed by atoms with Crippen molar-refractivity contribution in [3.05, 3.63) is 84.6 Å². The molecule has 0 radical (unpaired) electrons. The van der Waals surface area contributed by atoms with Crippen molar-refractivity contribution in [2.24, 2.45) is 0 Å². The Morgan fingerprint density at radius 2 is 1.79 bits per heavy atom. The highest BCUT2D eigenvalue weighted by Gasteiger charge is 2.15. The molecule has 0 spiro atoms. The minimum atomic E-state index is -3.21. The van der Waals surface area contributed by atoms with Crippen LogP contribution >= 0.6 is 0 Å². The van der Waals surface area contributed by atoms with Crippen LogP contribution in [0.25, 0.3) is 28.2 Å². The monoisotopic (exact) mass is 407 g/mol. The van der Waals surface area contributed by atoms with Gasteiger partial charge in [-0.15, -0.1) is 0 Å². The van der Waals surface area contributed by atoms with E-state index in [0.29, 0.717) is 0 Å². The third-order valence-electron chi connectivity index (χ3n) is 4.61. The molecule has 2 N–H and O–H groups in total. The maximum atomic E-state index is 11.6. The lowest BCUT2D eigenvalue weighted by Gasteiger charge is -2.07. The molecule has 6 heteroatoms. The lowest BCUT2D eigenvalue weighted by atomic mass is 10.0. The molecule has 0 aliphatic carbocycles. The number of H-pyrrole nitrogens is 1. The molecule has 1 heterocycles. The molecular formula is C23H25N3O2S. The number of imidazole rings is 1. The van der Waals surface area contributed by atoms with Gasteiger partial charge in [0.05, 0.1) is 17.1 Å². The van der Waals surface area contributed by atoms with E-state index in [4.69, 9.17) is 4.98 Å². The van der Waals surface area contributed by atoms with Crippen LogP contribution in [0.3, 0.4) is 0 Å². The number of aromatic nitrogens is 2. The van der Waals surface area contributed by atoms with Crippen LogP contribution in [0.2, 0.25) is 0 Å². The smallest absolute Gasteiger partial charge is 0.211 e. The van der Waals surface area contributed by atoms with Crippen molar-refractivity contribution >= 4 is 15.6 Å². The average molecular weight is 408 g/mol. The van der Waals surface area contributed by atoms with Crippen LogP contribution in [-0.4, -0.2) is 24.1 Å². The first-order chi connectivity index (χ1) is 13.9. The Kier molecular flexibility index (Phi) is 6.46. The summed E-state index contributed by atoms with van der Waals surface area (Å²) < 4.78 is 25.9. The Morgan fingerprint density at radius 1 is 1.10 bits per heavy atom. The molecule has 150 valence electrons. The van der Waals surface area contributed by atoms with Gasteiger partial charge < -0.3 is 4.98 Å². The molecule has 0 aliphatic rings. The molecule has 3 rings (SSSR count). The predicted octanol–water partition coefficient (Wildman–Crippen LogP) is 4.77. The number of hydrogen-bond donors (Lipinski definition) is 2. The van der Waals surface area contributed by atoms with E-state index in [9.17, 15) is 8.42 Å². The summed E-state index contributed by atoms with van der Waals surface area (Å²) >= 11 is 0. The molecule has 0 fully saturated rings. The van der Waals surface area contributed by atoms with Crippen LogP contribution in [0, 0.1) is 0 Å². The molecule has 0 saturated heterocycles. The van der Waals surface area contributed by atoms with Gasteiger partial charge in [-0.1, -0.05) is 73.3 Å². The van der Waals surface area contributed by atoms with Crippen LogP contribution in [0.15, 0.2) is 73.3 Å². The molecule has 0 saturated carbocycles. The average Bonchev–Trinajstić information content (AvgIpc) is 3.19. The summed E-state index contributed by atoms with van der Waals surface area (Å²) in [6, 6.07) is 17.8. The number of allylic oxidation sites excluding steroid dienone is 3. The summed E-state index contributed by atoms with van der Waals surface area (Å²) in [7, 11) is -3.21. The summed E-state index contributed by atoms with van der Waals surface area (Å²) in [6.07, 6.45) is 3.68. The van der Waals surface area contributed by atoms with E-state index in [1.54, 1.807) is 13.0 Å². The van der Waals surface area contributed by atoms with Gasteiger partial charge in [-0.25, -0.2) is 18.1 Å². The van der Waals surface area contributed by atoms with Crippen molar-refractivity contribution < 1.29 is 8.42 Å². The van der Waals surface area contributed by atoms with E-state index < -0.39 is 10.0 Å². The van der Waals surface area contributed by atoms with Crippen LogP contribution < -0.4 is 4.72 Å². The molecule has 2 aromatic carbocycles. The lowest BCUT2D eigenvalue weighted by Crippen LogP contribution is -2.24. The molecule has 1 aromatic heterocycles. The fourth-order valence-corrected chi connectivity index (χ4v) is 3.53. The highest BCUT2D eigenvalue weighted by atomic mass is 32.2. The number of rotatable bonds is 8. The van der Waals surface area contributed by atoms with Gasteiger partial charge in [-0.2, -0.15) is 0 Å². The quantitative estimate of drug-likeness (QED) is 0.528. The Hall–Kier alpha value is -2.96. The Morgan fingerprint density at radius 3 is 2.41 bits per heavy atom. The highest BCUT2D eigenvalue weighted by molar-refractivity contribution is 7.89. The zero-order valence-corrected chi connectivity index (χ0v) is 17.5. The molecule has 0 amide bonds. The number of sulfonamides is 1. The van der Waals surface area contributed by atoms with Crippen LogP contribution in [0.4, 0.5) is 0 Å². The summed E-state index contributed by atoms with van der Waals surface area (Å²) in [4.78, 5) is 8.25. The van der Waals surface area contributed by atoms with Crippen molar-refractivity contribution in [2.75, 3.05) is 5.75 Å². The fraction of sp³-hybridized carbons (Fsp3) is 0.174. The number of hydrogen-bond acceptors (Lipinski definition) is 3. The van der Waals surface area contributed by atoms with Crippen molar-refractivity contribution in [2.45, 2.75) is 20.4 Å². The first-order valence-electron chi connectivity index (χ1n) is 9.45. The van der Waals surface area contributed by atoms with Crippen molar-refractivity contribution in [3.8, 4) is 22.6 Å². The topological polar surface area (TPSA) is 74.8 Å². The summed E-state index contributed by atoms with van der Waals surface area (Å²) in [5, 5.41) is 0. The zero-order chi connectivity index (χ0) is 20.9. The first-order valence-corrected chi connectivity index (χ1v) is 11.1. The minimum Gasteiger partial charge on any atom is -0.337 e. The van der Waals surface area contributed by atoms with Gasteiger partial charge in [-0.3, -0.25) is 0 Å². The molecule has 3 aromatic rings. The van der Waals surface area contributed by atoms with Gasteiger partial charge in [0, 0.05) is 17.7 Å². The largest absolute Gasteiger partial charge is 0.337 e. The van der Waals surface area contributed by atoms with Gasteiger partial charge in [0.2, 0.25) is 10.0 Å². The van der Waals surface area contributed by atoms with E-state index in [-0.39, 0.29) is 12.3 Å². The maximum absolute atomic E-state index is 11.6. The number of nitrogens with zero attached hydrogens (tertiary/aromatic N) is 1. The van der Waals surface area contributed by atoms with E-state index in [0.717, 1.165) is 39.5 Å². The number of aromatic amines is 1. The second-order valence-corrected chi connectivity index (χ2v) is 8.78. The van der Waals surface area contributed by atoms with Gasteiger partial charge in [0.15, 0.2) is 0 Å². The highest BCUT2D eigenvalue weighted by Crippen LogP contribution is 2.30. The molecule has 0 unspecified atom stereocenters. The molecular weight excluding hydrogens is 382 g/mol. The first kappa shape index (κ1) is 20.8. The fourth-order valence-electron chi connectivity index (χ4n) is 2.94. The Labute approximate surface area is 172 Å². The van der Waals surface area contributed by atoms with E-state index in [2.05, 4.69) is 16.3 Å². The molecule has 5 nitrogen and oxygen atoms in total. The Balaban J connectivity index is 1.95. The van der Waals surface area contributed by atoms with Gasteiger partial charge in [-0.05, 0) is 25.0 Å². The zero-order valence-electron chi connectivity index (χ0n) is 16.6. The second kappa shape index (κ2) is 9.03. The third kappa shape index (κ3) is 5.10. The predicted molar refractivity (Wildman–Crippen MR) is 120 cm³/mol. The lowest BCUT2D eigenvalue weighted by molar-refractivity contribution is 0.582. The van der Waals surface area contributed by atoms with Gasteiger partial charge >= 0.3 is 0 Å². The molecule has 29 heavy (non-hydrogen) atoms. The normalized spacial score (nSPS) is 12.1. The van der Waals surface area contributed by atoms with Crippen molar-refractivity contribution in [1.82, 2.24) is 14.7 Å². The van der Waals surface area contributed by atoms with Crippen LogP contribution in [0.1, 0.15) is 25.1 Å². The Bertz CT molecular complexity index is 1110. The van der Waals surface area contributed by atoms with E-state index in [1.165, 1.54) is 0 Å². The molecule has 0 atom stereocenters. The van der Waals surface area contributed by atoms with E-state index >= 15 is 0 Å². The summed E-state index contributed by atoms with van der Waals surface area (Å²) in [5.41, 5.74) is 5.68. The molecule has 0 aliphatic heterocycles. The van der Waals surface area contributed by atoms with Crippen molar-refractivity contribution in [1.29, 1.82) is 0 Å².